The highest BCUT2D eigenvalue weighted by atomic mass is 35.5. The molecule has 0 radical (unpaired) electrons. The highest BCUT2D eigenvalue weighted by molar-refractivity contribution is 7.72. The van der Waals surface area contributed by atoms with E-state index in [0.29, 0.717) is 21.6 Å². The van der Waals surface area contributed by atoms with Crippen molar-refractivity contribution in [3.8, 4) is 5.75 Å². The third-order valence-electron chi connectivity index (χ3n) is 2.91. The summed E-state index contributed by atoms with van der Waals surface area (Å²) in [7, 11) is -2.69. The summed E-state index contributed by atoms with van der Waals surface area (Å²) in [6.45, 7) is 0. The van der Waals surface area contributed by atoms with Crippen molar-refractivity contribution in [3.63, 3.8) is 0 Å². The predicted octanol–water partition coefficient (Wildman–Crippen LogP) is 4.69. The summed E-state index contributed by atoms with van der Waals surface area (Å²) < 4.78 is 26.3. The van der Waals surface area contributed by atoms with Crippen molar-refractivity contribution in [2.75, 3.05) is 0 Å². The molecule has 1 aromatic heterocycles. The molecular weight excluding hydrogens is 381 g/mol. The lowest BCUT2D eigenvalue weighted by Gasteiger charge is -2.00. The molecule has 1 N–H and O–H groups in total. The molecule has 0 bridgehead atoms. The van der Waals surface area contributed by atoms with Gasteiger partial charge in [-0.15, -0.1) is 10.2 Å². The summed E-state index contributed by atoms with van der Waals surface area (Å²) in [6, 6.07) is 7.41. The van der Waals surface area contributed by atoms with Crippen molar-refractivity contribution in [2.45, 2.75) is 4.90 Å². The first-order chi connectivity index (χ1) is 11.0. The van der Waals surface area contributed by atoms with Gasteiger partial charge in [-0.25, -0.2) is 8.42 Å². The fraction of sp³-hybridized carbons (Fsp3) is 0. The standard InChI is InChI=1S/C13H7Cl2N3O3S2/c14-9-3-6(4-10(15)12(9)19)16-17-13-8-5-7(23(20)21)1-2-11(8)18-22-13/h1-5,19,23H/b17-16+. The van der Waals surface area contributed by atoms with Gasteiger partial charge in [0.15, 0.2) is 21.5 Å². The zero-order chi connectivity index (χ0) is 16.6. The maximum absolute atomic E-state index is 11.1. The molecule has 0 saturated carbocycles. The summed E-state index contributed by atoms with van der Waals surface area (Å²) >= 11 is 12.7. The molecule has 0 saturated heterocycles. The van der Waals surface area contributed by atoms with Crippen LogP contribution in [0, 0.1) is 0 Å². The SMILES string of the molecule is O=[SH](=O)c1ccc2nsc(/N=N/c3cc(Cl)c(O)c(Cl)c3)c2c1. The first kappa shape index (κ1) is 16.1. The molecule has 23 heavy (non-hydrogen) atoms. The van der Waals surface area contributed by atoms with E-state index in [0.717, 1.165) is 11.5 Å². The van der Waals surface area contributed by atoms with Crippen LogP contribution in [0.3, 0.4) is 0 Å². The quantitative estimate of drug-likeness (QED) is 0.503. The van der Waals surface area contributed by atoms with E-state index in [4.69, 9.17) is 23.2 Å². The topological polar surface area (TPSA) is 92.0 Å². The summed E-state index contributed by atoms with van der Waals surface area (Å²) in [5.41, 5.74) is 0.983. The molecule has 0 unspecified atom stereocenters. The molecule has 6 nitrogen and oxygen atoms in total. The monoisotopic (exact) mass is 387 g/mol. The Labute approximate surface area is 146 Å². The molecule has 0 aliphatic carbocycles. The van der Waals surface area contributed by atoms with Crippen LogP contribution in [0.15, 0.2) is 45.5 Å². The van der Waals surface area contributed by atoms with Gasteiger partial charge in [-0.2, -0.15) is 4.37 Å². The van der Waals surface area contributed by atoms with Crippen molar-refractivity contribution in [1.29, 1.82) is 0 Å². The normalized spacial score (nSPS) is 11.8. The Kier molecular flexibility index (Phi) is 4.49. The van der Waals surface area contributed by atoms with Gasteiger partial charge in [0.1, 0.15) is 0 Å². The number of aromatic nitrogens is 1. The van der Waals surface area contributed by atoms with Crippen LogP contribution in [0.4, 0.5) is 10.7 Å². The number of aromatic hydroxyl groups is 1. The van der Waals surface area contributed by atoms with Crippen LogP contribution < -0.4 is 0 Å². The van der Waals surface area contributed by atoms with Crippen molar-refractivity contribution in [3.05, 3.63) is 40.4 Å². The number of halogens is 2. The third-order valence-corrected chi connectivity index (χ3v) is 4.95. The van der Waals surface area contributed by atoms with Gasteiger partial charge in [-0.3, -0.25) is 0 Å². The van der Waals surface area contributed by atoms with Crippen LogP contribution >= 0.6 is 34.7 Å². The summed E-state index contributed by atoms with van der Waals surface area (Å²) in [5.74, 6) is -0.223. The lowest BCUT2D eigenvalue weighted by atomic mass is 10.2. The van der Waals surface area contributed by atoms with Crippen molar-refractivity contribution < 1.29 is 13.5 Å². The minimum Gasteiger partial charge on any atom is -0.505 e. The van der Waals surface area contributed by atoms with E-state index in [9.17, 15) is 13.5 Å². The highest BCUT2D eigenvalue weighted by Gasteiger charge is 2.09. The Hall–Kier alpha value is -1.74. The first-order valence-electron chi connectivity index (χ1n) is 6.09. The number of phenols is 1. The molecular formula is C13H7Cl2N3O3S2. The molecule has 0 fully saturated rings. The van der Waals surface area contributed by atoms with Crippen LogP contribution in [0.1, 0.15) is 0 Å². The summed E-state index contributed by atoms with van der Waals surface area (Å²) in [5, 5.41) is 18.7. The van der Waals surface area contributed by atoms with E-state index in [2.05, 4.69) is 14.6 Å². The van der Waals surface area contributed by atoms with Gasteiger partial charge in [-0.1, -0.05) is 23.2 Å². The molecule has 3 aromatic rings. The van der Waals surface area contributed by atoms with Gasteiger partial charge in [0.05, 0.1) is 26.1 Å². The van der Waals surface area contributed by atoms with Gasteiger partial charge in [0.2, 0.25) is 0 Å². The minimum absolute atomic E-state index is 0.0613. The van der Waals surface area contributed by atoms with Crippen LogP contribution in [0.25, 0.3) is 10.9 Å². The molecule has 0 aliphatic rings. The number of nitrogens with zero attached hydrogens (tertiary/aromatic N) is 3. The van der Waals surface area contributed by atoms with Gasteiger partial charge in [-0.05, 0) is 41.9 Å². The number of phenolic OH excluding ortho intramolecular Hbond substituents is 1. The van der Waals surface area contributed by atoms with Crippen molar-refractivity contribution >= 4 is 67.0 Å². The number of fused-ring (bicyclic) bond motifs is 1. The predicted molar refractivity (Wildman–Crippen MR) is 90.5 cm³/mol. The smallest absolute Gasteiger partial charge is 0.168 e. The Morgan fingerprint density at radius 1 is 1.09 bits per heavy atom. The maximum Gasteiger partial charge on any atom is 0.168 e. The van der Waals surface area contributed by atoms with E-state index >= 15 is 0 Å². The van der Waals surface area contributed by atoms with E-state index in [1.54, 1.807) is 6.07 Å². The third kappa shape index (κ3) is 3.30. The molecule has 2 aromatic carbocycles. The second kappa shape index (κ2) is 6.40. The maximum atomic E-state index is 11.1. The van der Waals surface area contributed by atoms with Gasteiger partial charge < -0.3 is 5.11 Å². The van der Waals surface area contributed by atoms with Crippen LogP contribution in [-0.4, -0.2) is 17.9 Å². The number of benzene rings is 2. The summed E-state index contributed by atoms with van der Waals surface area (Å²) in [4.78, 5) is 0.180. The van der Waals surface area contributed by atoms with Crippen LogP contribution in [0.2, 0.25) is 10.0 Å². The fourth-order valence-corrected chi connectivity index (χ4v) is 3.40. The van der Waals surface area contributed by atoms with Gasteiger partial charge in [0, 0.05) is 5.39 Å². The second-order valence-corrected chi connectivity index (χ2v) is 7.00. The largest absolute Gasteiger partial charge is 0.505 e. The molecule has 0 amide bonds. The fourth-order valence-electron chi connectivity index (χ4n) is 1.82. The van der Waals surface area contributed by atoms with E-state index in [1.165, 1.54) is 24.3 Å². The minimum atomic E-state index is -2.69. The molecule has 3 rings (SSSR count). The number of hydrogen-bond acceptors (Lipinski definition) is 7. The first-order valence-corrected chi connectivity index (χ1v) is 8.80. The van der Waals surface area contributed by atoms with E-state index < -0.39 is 10.7 Å². The summed E-state index contributed by atoms with van der Waals surface area (Å²) in [6.07, 6.45) is 0. The number of azo groups is 1. The molecule has 118 valence electrons. The highest BCUT2D eigenvalue weighted by Crippen LogP contribution is 2.37. The average Bonchev–Trinajstić information content (AvgIpc) is 2.92. The zero-order valence-electron chi connectivity index (χ0n) is 11.1. The Morgan fingerprint density at radius 2 is 1.78 bits per heavy atom. The van der Waals surface area contributed by atoms with E-state index in [-0.39, 0.29) is 20.7 Å². The van der Waals surface area contributed by atoms with Crippen molar-refractivity contribution in [2.24, 2.45) is 10.2 Å². The van der Waals surface area contributed by atoms with Gasteiger partial charge >= 0.3 is 0 Å². The molecule has 10 heteroatoms. The van der Waals surface area contributed by atoms with E-state index in [1.807, 2.05) is 0 Å². The van der Waals surface area contributed by atoms with Crippen LogP contribution in [-0.2, 0) is 10.7 Å². The van der Waals surface area contributed by atoms with Crippen LogP contribution in [0.5, 0.6) is 5.75 Å². The molecule has 0 spiro atoms. The lowest BCUT2D eigenvalue weighted by Crippen LogP contribution is -1.78. The average molecular weight is 388 g/mol. The van der Waals surface area contributed by atoms with Gasteiger partial charge in [0.25, 0.3) is 0 Å². The van der Waals surface area contributed by atoms with Crippen molar-refractivity contribution in [1.82, 2.24) is 4.37 Å². The Morgan fingerprint density at radius 3 is 2.43 bits per heavy atom. The number of rotatable bonds is 3. The lowest BCUT2D eigenvalue weighted by molar-refractivity contribution is 0.476. The number of thiol groups is 1. The molecule has 0 aliphatic heterocycles. The Balaban J connectivity index is 2.02. The molecule has 1 heterocycles. The zero-order valence-corrected chi connectivity index (χ0v) is 14.3. The second-order valence-electron chi connectivity index (χ2n) is 4.40. The molecule has 0 atom stereocenters. The Bertz CT molecular complexity index is 984. The number of hydrogen-bond donors (Lipinski definition) is 2.